The van der Waals surface area contributed by atoms with Crippen molar-refractivity contribution in [1.29, 1.82) is 0 Å². The summed E-state index contributed by atoms with van der Waals surface area (Å²) in [6, 6.07) is 0. The summed E-state index contributed by atoms with van der Waals surface area (Å²) in [4.78, 5) is 121. The highest BCUT2D eigenvalue weighted by Gasteiger charge is 2.29. The van der Waals surface area contributed by atoms with E-state index in [1.165, 1.54) is 20.8 Å². The Morgan fingerprint density at radius 2 is 0.596 bits per heavy atom. The molecule has 0 aromatic heterocycles. The fraction of sp³-hybridized carbons (Fsp3) is 0.782. The van der Waals surface area contributed by atoms with Gasteiger partial charge in [-0.1, -0.05) is 27.7 Å². The average Bonchev–Trinajstić information content (AvgIpc) is 3.32. The van der Waals surface area contributed by atoms with Crippen LogP contribution in [0.3, 0.4) is 0 Å². The molecule has 530 valence electrons. The molecule has 10 N–H and O–H groups in total. The first-order chi connectivity index (χ1) is 40.1. The van der Waals surface area contributed by atoms with E-state index in [2.05, 4.69) is 104 Å². The molecule has 0 bridgehead atoms. The highest BCUT2D eigenvalue weighted by molar-refractivity contribution is 5.86. The molecule has 0 spiro atoms. The van der Waals surface area contributed by atoms with Crippen molar-refractivity contribution in [2.75, 3.05) is 144 Å². The number of ether oxygens (including phenoxy) is 4. The molecule has 0 aliphatic carbocycles. The van der Waals surface area contributed by atoms with Crippen molar-refractivity contribution in [2.24, 2.45) is 0 Å². The van der Waals surface area contributed by atoms with Crippen LogP contribution in [0, 0.1) is 0 Å². The number of aliphatic hydroxyl groups is 6. The number of quaternary nitrogens is 4. The van der Waals surface area contributed by atoms with Gasteiger partial charge in [0.2, 0.25) is 0 Å². The van der Waals surface area contributed by atoms with Crippen LogP contribution in [0.15, 0.2) is 0 Å². The van der Waals surface area contributed by atoms with Crippen molar-refractivity contribution < 1.29 is 166 Å². The molecule has 4 atom stereocenters. The minimum Gasteiger partial charge on any atom is -0.550 e. The lowest BCUT2D eigenvalue weighted by Crippen LogP contribution is -2.54. The van der Waals surface area contributed by atoms with E-state index in [0.29, 0.717) is 32.1 Å². The fourth-order valence-corrected chi connectivity index (χ4v) is 4.30. The number of hydrogen-bond acceptors (Lipinski definition) is 26. The quantitative estimate of drug-likeness (QED) is 0.0144. The van der Waals surface area contributed by atoms with E-state index in [0.717, 1.165) is 51.0 Å². The molecule has 34 nitrogen and oxygen atoms in total. The monoisotopic (exact) mass is 1310 g/mol. The summed E-state index contributed by atoms with van der Waals surface area (Å²) < 4.78 is 21.0. The zero-order chi connectivity index (χ0) is 73.3. The van der Waals surface area contributed by atoms with Crippen LogP contribution in [-0.2, 0) is 76.5 Å². The molecule has 0 saturated heterocycles. The number of rotatable bonds is 29. The number of carboxylic acids is 8. The summed E-state index contributed by atoms with van der Waals surface area (Å²) in [5.74, 6) is -13.7. The maximum Gasteiger partial charge on any atom is 0.345 e. The van der Waals surface area contributed by atoms with Gasteiger partial charge in [0.1, 0.15) is 37.9 Å². The third-order valence-electron chi connectivity index (χ3n) is 8.94. The molecule has 89 heavy (non-hydrogen) atoms. The fourth-order valence-electron chi connectivity index (χ4n) is 4.30. The Bertz CT molecular complexity index is 1730. The van der Waals surface area contributed by atoms with Crippen molar-refractivity contribution in [3.8, 4) is 0 Å². The molecule has 0 amide bonds. The maximum absolute atomic E-state index is 10.2. The molecule has 34 heteroatoms. The van der Waals surface area contributed by atoms with Gasteiger partial charge in [-0.3, -0.25) is 24.0 Å². The predicted molar refractivity (Wildman–Crippen MR) is 309 cm³/mol. The highest BCUT2D eigenvalue weighted by atomic mass is 16.6. The van der Waals surface area contributed by atoms with Gasteiger partial charge < -0.3 is 128 Å². The van der Waals surface area contributed by atoms with Crippen molar-refractivity contribution in [2.45, 2.75) is 143 Å². The average molecular weight is 1310 g/mol. The Morgan fingerprint density at radius 3 is 0.674 bits per heavy atom. The van der Waals surface area contributed by atoms with Crippen LogP contribution in [0.5, 0.6) is 0 Å². The maximum atomic E-state index is 10.2. The van der Waals surface area contributed by atoms with Gasteiger partial charge in [-0.05, 0) is 38.5 Å². The number of carbonyl (C=O) groups excluding carboxylic acids is 8. The Balaban J connectivity index is -0.0000000980. The van der Waals surface area contributed by atoms with Gasteiger partial charge in [0.15, 0.2) is 18.3 Å². The predicted octanol–water partition coefficient (Wildman–Crippen LogP) is -5.96. The molecule has 0 aromatic rings. The minimum absolute atomic E-state index is 0.0906. The SMILES string of the molecule is CCC(OC(C)=O)C(=O)O.CCC(OC(C)=O)C(=O)O.CCC(OC(C)=O)C(=O)O.CCC(OC(C)=O)C(=O)[O-].C[N+](C)(C)CCO.C[N+](C)(C)CCO.C[N+](C)(C)CCO.C[N+](C)(C)CCO.O=C(O)CCCCO.O=C([O-])CC(O)(CC(=O)[O-])C(=O)[O-]. The van der Waals surface area contributed by atoms with Crippen LogP contribution in [-0.4, -0.2) is 314 Å². The number of unbranched alkanes of at least 4 members (excludes halogenated alkanes) is 1. The summed E-state index contributed by atoms with van der Waals surface area (Å²) in [6.45, 7) is 15.8. The van der Waals surface area contributed by atoms with Crippen LogP contribution < -0.4 is 20.4 Å². The Hall–Kier alpha value is -6.76. The lowest BCUT2D eigenvalue weighted by Gasteiger charge is -2.29. The smallest absolute Gasteiger partial charge is 0.345 e. The normalized spacial score (nSPS) is 11.7. The second kappa shape index (κ2) is 60.2. The van der Waals surface area contributed by atoms with Crippen molar-refractivity contribution >= 4 is 71.6 Å². The van der Waals surface area contributed by atoms with Crippen LogP contribution in [0.1, 0.15) is 113 Å². The number of esters is 4. The summed E-state index contributed by atoms with van der Waals surface area (Å²) in [5.41, 5.74) is -2.97. The first-order valence-electron chi connectivity index (χ1n) is 27.5. The molecule has 0 aromatic carbocycles. The molecule has 0 rings (SSSR count). The third kappa shape index (κ3) is 103. The molecule has 0 saturated carbocycles. The van der Waals surface area contributed by atoms with Crippen molar-refractivity contribution in [3.05, 3.63) is 0 Å². The highest BCUT2D eigenvalue weighted by Crippen LogP contribution is 2.13. The van der Waals surface area contributed by atoms with Crippen LogP contribution >= 0.6 is 0 Å². The summed E-state index contributed by atoms with van der Waals surface area (Å²) in [7, 11) is 24.6. The molecular formula is C55H110N4O30. The van der Waals surface area contributed by atoms with Gasteiger partial charge in [0.25, 0.3) is 0 Å². The van der Waals surface area contributed by atoms with Crippen LogP contribution in [0.2, 0.25) is 0 Å². The zero-order valence-electron chi connectivity index (χ0n) is 56.0. The molecule has 0 aliphatic rings. The number of carboxylic acid groups (broad SMARTS) is 8. The lowest BCUT2D eigenvalue weighted by molar-refractivity contribution is -0.870. The van der Waals surface area contributed by atoms with E-state index in [-0.39, 0.29) is 45.9 Å². The van der Waals surface area contributed by atoms with Gasteiger partial charge in [-0.2, -0.15) is 0 Å². The third-order valence-corrected chi connectivity index (χ3v) is 8.94. The Morgan fingerprint density at radius 1 is 0.382 bits per heavy atom. The first kappa shape index (κ1) is 104. The molecule has 0 aliphatic heterocycles. The summed E-state index contributed by atoms with van der Waals surface area (Å²) in [6.07, 6.45) is -4.31. The van der Waals surface area contributed by atoms with E-state index in [4.69, 9.17) is 51.1 Å². The van der Waals surface area contributed by atoms with E-state index in [1.807, 2.05) is 0 Å². The van der Waals surface area contributed by atoms with E-state index < -0.39 is 114 Å². The Kier molecular flexibility index (Phi) is 70.3. The van der Waals surface area contributed by atoms with Crippen LogP contribution in [0.25, 0.3) is 0 Å². The number of nitrogens with zero attached hydrogens (tertiary/aromatic N) is 4. The lowest BCUT2D eigenvalue weighted by atomic mass is 9.96. The molecule has 0 heterocycles. The number of likely N-dealkylation sites (N-methyl/N-ethyl adjacent to an activating group) is 4. The number of aliphatic hydroxyl groups excluding tert-OH is 5. The van der Waals surface area contributed by atoms with Gasteiger partial charge in [0, 0.05) is 65.5 Å². The van der Waals surface area contributed by atoms with Gasteiger partial charge in [-0.15, -0.1) is 0 Å². The van der Waals surface area contributed by atoms with Crippen molar-refractivity contribution in [1.82, 2.24) is 0 Å². The summed E-state index contributed by atoms with van der Waals surface area (Å²) >= 11 is 0. The standard InChI is InChI=1S/C6H8O7.4C6H10O4.4C5H14NO.C5H10O3/c7-3(8)1-6(13,5(11)12)2-4(9)10;4*1-3-5(6(8)9)10-4(2)7;4*1-6(2,3)4-5-7;6-4-2-1-3-5(7)8/h13H,1-2H2,(H,7,8)(H,9,10)(H,11,12);4*5H,3H2,1-2H3,(H,8,9);4*7H,4-5H2,1-3H3;6H,1-4H2,(H,7,8)/q;;;;;4*+1;/p-4. The molecular weight excluding hydrogens is 1200 g/mol. The number of aliphatic carboxylic acids is 8. The minimum atomic E-state index is -2.97. The first-order valence-corrected chi connectivity index (χ1v) is 27.5. The zero-order valence-corrected chi connectivity index (χ0v) is 56.0. The van der Waals surface area contributed by atoms with Crippen molar-refractivity contribution in [3.63, 3.8) is 0 Å². The summed E-state index contributed by atoms with van der Waals surface area (Å²) in [5, 5.41) is 124. The largest absolute Gasteiger partial charge is 0.550 e. The van der Waals surface area contributed by atoms with Gasteiger partial charge in [0.05, 0.1) is 123 Å². The van der Waals surface area contributed by atoms with E-state index >= 15 is 0 Å². The molecule has 0 radical (unpaired) electrons. The van der Waals surface area contributed by atoms with Gasteiger partial charge in [-0.25, -0.2) is 14.4 Å². The molecule has 0 fully saturated rings. The number of carbonyl (C=O) groups is 12. The Labute approximate surface area is 523 Å². The van der Waals surface area contributed by atoms with Gasteiger partial charge >= 0.3 is 47.8 Å². The van der Waals surface area contributed by atoms with E-state index in [1.54, 1.807) is 27.7 Å². The van der Waals surface area contributed by atoms with E-state index in [9.17, 15) is 78.0 Å². The topological polar surface area (TPSA) is 536 Å². The number of hydrogen-bond donors (Lipinski definition) is 10. The molecule has 4 unspecified atom stereocenters. The van der Waals surface area contributed by atoms with Crippen LogP contribution in [0.4, 0.5) is 0 Å². The second-order valence-electron chi connectivity index (χ2n) is 22.3. The second-order valence-corrected chi connectivity index (χ2v) is 22.3.